The molecule has 1 aliphatic rings. The van der Waals surface area contributed by atoms with E-state index in [9.17, 15) is 4.79 Å². The number of carboxylic acids is 1. The number of piperidine rings is 1. The van der Waals surface area contributed by atoms with E-state index < -0.39 is 5.97 Å². The van der Waals surface area contributed by atoms with E-state index in [4.69, 9.17) is 38.0 Å². The summed E-state index contributed by atoms with van der Waals surface area (Å²) in [4.78, 5) is 31.0. The summed E-state index contributed by atoms with van der Waals surface area (Å²) in [5, 5.41) is 13.3. The summed E-state index contributed by atoms with van der Waals surface area (Å²) in [6.07, 6.45) is 8.65. The average Bonchev–Trinajstić information content (AvgIpc) is 3.33. The maximum atomic E-state index is 11.1. The van der Waals surface area contributed by atoms with E-state index in [2.05, 4.69) is 25.2 Å². The van der Waals surface area contributed by atoms with Gasteiger partial charge in [0.15, 0.2) is 5.75 Å². The number of benzene rings is 1. The molecule has 1 saturated heterocycles. The van der Waals surface area contributed by atoms with Crippen molar-refractivity contribution in [3.63, 3.8) is 0 Å². The van der Waals surface area contributed by atoms with Crippen LogP contribution in [0.1, 0.15) is 30.5 Å². The fourth-order valence-electron chi connectivity index (χ4n) is 4.71. The Morgan fingerprint density at radius 1 is 1.05 bits per heavy atom. The SMILES string of the molecule is Cl.Cl.Cn1cncc1CNc1ncc(Oc2cc(CN3CCC(CC(=O)O)CC3)cc(-c3cc(Cl)cc(Cl)c3)n2)cn1. The van der Waals surface area contributed by atoms with Crippen LogP contribution in [0.25, 0.3) is 11.3 Å². The molecular formula is C28H31Cl4N7O3. The van der Waals surface area contributed by atoms with Gasteiger partial charge in [0, 0.05) is 47.9 Å². The molecule has 4 heterocycles. The lowest BCUT2D eigenvalue weighted by Gasteiger charge is -2.31. The van der Waals surface area contributed by atoms with E-state index in [1.807, 2.05) is 35.9 Å². The van der Waals surface area contributed by atoms with Crippen molar-refractivity contribution in [1.29, 1.82) is 0 Å². The van der Waals surface area contributed by atoms with Gasteiger partial charge in [-0.05, 0) is 61.7 Å². The van der Waals surface area contributed by atoms with Crippen molar-refractivity contribution < 1.29 is 14.6 Å². The topological polar surface area (TPSA) is 118 Å². The van der Waals surface area contributed by atoms with Crippen LogP contribution in [0.3, 0.4) is 0 Å². The molecule has 1 aromatic carbocycles. The Morgan fingerprint density at radius 2 is 1.74 bits per heavy atom. The molecule has 0 unspecified atom stereocenters. The molecule has 10 nitrogen and oxygen atoms in total. The Morgan fingerprint density at radius 3 is 2.36 bits per heavy atom. The Kier molecular flexibility index (Phi) is 12.2. The minimum atomic E-state index is -0.736. The molecule has 42 heavy (non-hydrogen) atoms. The quantitative estimate of drug-likeness (QED) is 0.197. The van der Waals surface area contributed by atoms with Gasteiger partial charge in [-0.15, -0.1) is 24.8 Å². The zero-order chi connectivity index (χ0) is 28.1. The Bertz CT molecular complexity index is 1460. The first-order valence-electron chi connectivity index (χ1n) is 12.9. The molecule has 0 spiro atoms. The van der Waals surface area contributed by atoms with Gasteiger partial charge in [-0.1, -0.05) is 23.2 Å². The first-order chi connectivity index (χ1) is 19.3. The molecule has 5 rings (SSSR count). The highest BCUT2D eigenvalue weighted by molar-refractivity contribution is 6.35. The van der Waals surface area contributed by atoms with Crippen LogP contribution in [0.2, 0.25) is 10.0 Å². The normalized spacial score (nSPS) is 13.6. The van der Waals surface area contributed by atoms with Gasteiger partial charge in [0.2, 0.25) is 11.8 Å². The molecule has 14 heteroatoms. The summed E-state index contributed by atoms with van der Waals surface area (Å²) in [7, 11) is 1.93. The molecule has 3 aromatic heterocycles. The number of nitrogens with one attached hydrogen (secondary N) is 1. The number of ether oxygens (including phenoxy) is 1. The number of aromatic nitrogens is 5. The van der Waals surface area contributed by atoms with Crippen molar-refractivity contribution in [2.45, 2.75) is 32.4 Å². The predicted molar refractivity (Wildman–Crippen MR) is 167 cm³/mol. The van der Waals surface area contributed by atoms with Crippen LogP contribution in [-0.4, -0.2) is 53.6 Å². The zero-order valence-corrected chi connectivity index (χ0v) is 25.9. The lowest BCUT2D eigenvalue weighted by Crippen LogP contribution is -2.33. The Labute approximate surface area is 266 Å². The number of nitrogens with zero attached hydrogens (tertiary/aromatic N) is 6. The second-order valence-corrected chi connectivity index (χ2v) is 10.7. The third kappa shape index (κ3) is 9.17. The van der Waals surface area contributed by atoms with Crippen LogP contribution in [0.15, 0.2) is 55.2 Å². The summed E-state index contributed by atoms with van der Waals surface area (Å²) >= 11 is 12.6. The number of carbonyl (C=O) groups is 1. The standard InChI is InChI=1S/C28H29Cl2N7O3.2ClH/c1-36-17-31-12-23(36)13-32-28-33-14-24(15-34-28)40-26-7-19(16-37-4-2-18(3-5-37)8-27(38)39)6-25(35-26)20-9-21(29)11-22(30)10-20;;/h6-7,9-12,14-15,17-18H,2-5,8,13,16H2,1H3,(H,38,39)(H,32,33,34);2*1H. The molecule has 224 valence electrons. The molecule has 4 aromatic rings. The van der Waals surface area contributed by atoms with Gasteiger partial charge in [0.05, 0.1) is 36.7 Å². The maximum absolute atomic E-state index is 11.1. The number of carboxylic acid groups (broad SMARTS) is 1. The minimum absolute atomic E-state index is 0. The largest absolute Gasteiger partial charge is 0.481 e. The van der Waals surface area contributed by atoms with Crippen LogP contribution in [0.5, 0.6) is 11.6 Å². The van der Waals surface area contributed by atoms with Crippen LogP contribution >= 0.6 is 48.0 Å². The number of hydrogen-bond acceptors (Lipinski definition) is 8. The van der Waals surface area contributed by atoms with Gasteiger partial charge in [-0.2, -0.15) is 0 Å². The van der Waals surface area contributed by atoms with Gasteiger partial charge in [0.1, 0.15) is 0 Å². The average molecular weight is 655 g/mol. The minimum Gasteiger partial charge on any atom is -0.481 e. The number of aryl methyl sites for hydroxylation is 1. The summed E-state index contributed by atoms with van der Waals surface area (Å²) in [5.74, 6) is 0.788. The third-order valence-corrected chi connectivity index (χ3v) is 7.23. The van der Waals surface area contributed by atoms with Gasteiger partial charge in [-0.25, -0.2) is 19.9 Å². The van der Waals surface area contributed by atoms with E-state index in [1.165, 1.54) is 0 Å². The number of likely N-dealkylation sites (tertiary alicyclic amines) is 1. The molecule has 2 N–H and O–H groups in total. The van der Waals surface area contributed by atoms with Crippen molar-refractivity contribution in [3.8, 4) is 22.9 Å². The fraction of sp³-hybridized carbons (Fsp3) is 0.321. The summed E-state index contributed by atoms with van der Waals surface area (Å²) in [6.45, 7) is 2.87. The monoisotopic (exact) mass is 653 g/mol. The number of hydrogen-bond donors (Lipinski definition) is 2. The number of halogens is 4. The van der Waals surface area contributed by atoms with E-state index in [0.29, 0.717) is 46.4 Å². The Hall–Kier alpha value is -3.15. The Balaban J connectivity index is 0.00000242. The molecular weight excluding hydrogens is 624 g/mol. The van der Waals surface area contributed by atoms with Crippen LogP contribution < -0.4 is 10.1 Å². The second kappa shape index (κ2) is 15.4. The molecule has 0 saturated carbocycles. The third-order valence-electron chi connectivity index (χ3n) is 6.79. The highest BCUT2D eigenvalue weighted by Gasteiger charge is 2.22. The smallest absolute Gasteiger partial charge is 0.303 e. The van der Waals surface area contributed by atoms with Gasteiger partial charge >= 0.3 is 5.97 Å². The van der Waals surface area contributed by atoms with Gasteiger partial charge in [0.25, 0.3) is 0 Å². The van der Waals surface area contributed by atoms with Crippen LogP contribution in [-0.2, 0) is 24.9 Å². The van der Waals surface area contributed by atoms with Gasteiger partial charge in [-0.3, -0.25) is 9.69 Å². The summed E-state index contributed by atoms with van der Waals surface area (Å²) < 4.78 is 8.01. The first kappa shape index (κ1) is 33.4. The number of rotatable bonds is 10. The fourth-order valence-corrected chi connectivity index (χ4v) is 5.24. The number of aliphatic carboxylic acids is 1. The zero-order valence-electron chi connectivity index (χ0n) is 22.7. The lowest BCUT2D eigenvalue weighted by molar-refractivity contribution is -0.138. The van der Waals surface area contributed by atoms with E-state index in [1.54, 1.807) is 31.0 Å². The van der Waals surface area contributed by atoms with E-state index in [0.717, 1.165) is 42.8 Å². The van der Waals surface area contributed by atoms with E-state index in [-0.39, 0.29) is 37.2 Å². The number of pyridine rings is 1. The second-order valence-electron chi connectivity index (χ2n) is 9.87. The number of imidazole rings is 1. The molecule has 1 aliphatic heterocycles. The van der Waals surface area contributed by atoms with Crippen molar-refractivity contribution in [3.05, 3.63) is 76.6 Å². The molecule has 0 radical (unpaired) electrons. The molecule has 0 atom stereocenters. The maximum Gasteiger partial charge on any atom is 0.303 e. The highest BCUT2D eigenvalue weighted by atomic mass is 35.5. The molecule has 0 bridgehead atoms. The number of anilines is 1. The molecule has 0 amide bonds. The molecule has 0 aliphatic carbocycles. The summed E-state index contributed by atoms with van der Waals surface area (Å²) in [5.41, 5.74) is 3.45. The van der Waals surface area contributed by atoms with Crippen molar-refractivity contribution in [2.75, 3.05) is 18.4 Å². The van der Waals surface area contributed by atoms with Crippen LogP contribution in [0, 0.1) is 5.92 Å². The summed E-state index contributed by atoms with van der Waals surface area (Å²) in [6, 6.07) is 9.20. The predicted octanol–water partition coefficient (Wildman–Crippen LogP) is 6.51. The van der Waals surface area contributed by atoms with Gasteiger partial charge < -0.3 is 19.7 Å². The van der Waals surface area contributed by atoms with Crippen molar-refractivity contribution in [1.82, 2.24) is 29.4 Å². The van der Waals surface area contributed by atoms with Crippen LogP contribution in [0.4, 0.5) is 5.95 Å². The highest BCUT2D eigenvalue weighted by Crippen LogP contribution is 2.31. The first-order valence-corrected chi connectivity index (χ1v) is 13.7. The lowest BCUT2D eigenvalue weighted by atomic mass is 9.93. The molecule has 1 fully saturated rings. The van der Waals surface area contributed by atoms with Crippen molar-refractivity contribution in [2.24, 2.45) is 13.0 Å². The van der Waals surface area contributed by atoms with E-state index >= 15 is 0 Å². The van der Waals surface area contributed by atoms with Crippen molar-refractivity contribution >= 4 is 59.9 Å².